The lowest BCUT2D eigenvalue weighted by Gasteiger charge is -2.13. The standard InChI is InChI=1S/C7H12O3/c1-4(6(3)8)5(2)7(9)10/h4,6,8H,2H2,1,3H3,(H,9,10). The zero-order chi connectivity index (χ0) is 8.31. The second kappa shape index (κ2) is 3.37. The molecule has 0 aromatic carbocycles. The van der Waals surface area contributed by atoms with Crippen LogP contribution >= 0.6 is 0 Å². The summed E-state index contributed by atoms with van der Waals surface area (Å²) in [5, 5.41) is 17.3. The molecule has 0 radical (unpaired) electrons. The van der Waals surface area contributed by atoms with Gasteiger partial charge in [0.15, 0.2) is 0 Å². The van der Waals surface area contributed by atoms with Gasteiger partial charge in [0.25, 0.3) is 0 Å². The Morgan fingerprint density at radius 1 is 1.50 bits per heavy atom. The van der Waals surface area contributed by atoms with Gasteiger partial charge in [-0.15, -0.1) is 0 Å². The quantitative estimate of drug-likeness (QED) is 0.571. The smallest absolute Gasteiger partial charge is 0.331 e. The fraction of sp³-hybridized carbons (Fsp3) is 0.571. The molecule has 0 aliphatic rings. The van der Waals surface area contributed by atoms with Crippen LogP contribution in [0.4, 0.5) is 0 Å². The minimum absolute atomic E-state index is 0.0509. The Bertz CT molecular complexity index is 149. The molecule has 0 bridgehead atoms. The van der Waals surface area contributed by atoms with Crippen molar-refractivity contribution in [3.63, 3.8) is 0 Å². The van der Waals surface area contributed by atoms with Crippen molar-refractivity contribution in [1.82, 2.24) is 0 Å². The lowest BCUT2D eigenvalue weighted by atomic mass is 9.98. The topological polar surface area (TPSA) is 57.5 Å². The van der Waals surface area contributed by atoms with Crippen molar-refractivity contribution in [3.05, 3.63) is 12.2 Å². The Hall–Kier alpha value is -0.830. The van der Waals surface area contributed by atoms with Gasteiger partial charge in [0.2, 0.25) is 0 Å². The van der Waals surface area contributed by atoms with Gasteiger partial charge in [0, 0.05) is 11.5 Å². The molecule has 2 atom stereocenters. The summed E-state index contributed by atoms with van der Waals surface area (Å²) in [6, 6.07) is 0. The average molecular weight is 144 g/mol. The number of aliphatic hydroxyl groups excluding tert-OH is 1. The first kappa shape index (κ1) is 9.17. The highest BCUT2D eigenvalue weighted by Crippen LogP contribution is 2.12. The molecule has 0 aliphatic carbocycles. The normalized spacial score (nSPS) is 15.9. The molecular weight excluding hydrogens is 132 g/mol. The molecule has 0 amide bonds. The van der Waals surface area contributed by atoms with Crippen LogP contribution in [0.25, 0.3) is 0 Å². The molecule has 3 heteroatoms. The predicted molar refractivity (Wildman–Crippen MR) is 37.6 cm³/mol. The zero-order valence-electron chi connectivity index (χ0n) is 6.16. The maximum atomic E-state index is 10.2. The van der Waals surface area contributed by atoms with Gasteiger partial charge in [-0.3, -0.25) is 0 Å². The van der Waals surface area contributed by atoms with Crippen LogP contribution in [0.15, 0.2) is 12.2 Å². The monoisotopic (exact) mass is 144 g/mol. The Kier molecular flexibility index (Phi) is 3.09. The van der Waals surface area contributed by atoms with E-state index >= 15 is 0 Å². The highest BCUT2D eigenvalue weighted by Gasteiger charge is 2.17. The Morgan fingerprint density at radius 2 is 1.90 bits per heavy atom. The number of carboxylic acids is 1. The Balaban J connectivity index is 4.08. The minimum atomic E-state index is -1.05. The van der Waals surface area contributed by atoms with Crippen LogP contribution in [0, 0.1) is 5.92 Å². The van der Waals surface area contributed by atoms with Crippen LogP contribution in [-0.2, 0) is 4.79 Å². The van der Waals surface area contributed by atoms with Crippen molar-refractivity contribution in [2.24, 2.45) is 5.92 Å². The lowest BCUT2D eigenvalue weighted by molar-refractivity contribution is -0.133. The summed E-state index contributed by atoms with van der Waals surface area (Å²) < 4.78 is 0. The van der Waals surface area contributed by atoms with Crippen LogP contribution in [0.3, 0.4) is 0 Å². The van der Waals surface area contributed by atoms with Gasteiger partial charge in [0.05, 0.1) is 6.10 Å². The van der Waals surface area contributed by atoms with Crippen molar-refractivity contribution in [2.75, 3.05) is 0 Å². The largest absolute Gasteiger partial charge is 0.478 e. The van der Waals surface area contributed by atoms with Crippen LogP contribution < -0.4 is 0 Å². The third-order valence-corrected chi connectivity index (χ3v) is 1.55. The third-order valence-electron chi connectivity index (χ3n) is 1.55. The van der Waals surface area contributed by atoms with Crippen LogP contribution in [0.1, 0.15) is 13.8 Å². The van der Waals surface area contributed by atoms with Gasteiger partial charge in [0.1, 0.15) is 0 Å². The lowest BCUT2D eigenvalue weighted by Crippen LogP contribution is -2.19. The molecule has 0 spiro atoms. The number of aliphatic hydroxyl groups is 1. The number of carbonyl (C=O) groups is 1. The predicted octanol–water partition coefficient (Wildman–Crippen LogP) is 0.644. The van der Waals surface area contributed by atoms with E-state index in [4.69, 9.17) is 10.2 Å². The molecule has 2 N–H and O–H groups in total. The van der Waals surface area contributed by atoms with E-state index in [0.29, 0.717) is 0 Å². The molecule has 3 nitrogen and oxygen atoms in total. The number of rotatable bonds is 3. The van der Waals surface area contributed by atoms with Crippen LogP contribution in [0.2, 0.25) is 0 Å². The van der Waals surface area contributed by atoms with Crippen molar-refractivity contribution in [2.45, 2.75) is 20.0 Å². The Labute approximate surface area is 60.0 Å². The molecule has 58 valence electrons. The van der Waals surface area contributed by atoms with E-state index in [-0.39, 0.29) is 11.5 Å². The van der Waals surface area contributed by atoms with Crippen molar-refractivity contribution in [1.29, 1.82) is 0 Å². The molecule has 2 unspecified atom stereocenters. The SMILES string of the molecule is C=C(C(=O)O)C(C)C(C)O. The third kappa shape index (κ3) is 2.19. The first-order valence-corrected chi connectivity index (χ1v) is 3.07. The van der Waals surface area contributed by atoms with E-state index in [9.17, 15) is 4.79 Å². The van der Waals surface area contributed by atoms with E-state index in [1.165, 1.54) is 0 Å². The van der Waals surface area contributed by atoms with Crippen molar-refractivity contribution >= 4 is 5.97 Å². The van der Waals surface area contributed by atoms with Crippen LogP contribution in [0.5, 0.6) is 0 Å². The van der Waals surface area contributed by atoms with E-state index in [2.05, 4.69) is 6.58 Å². The number of hydrogen-bond donors (Lipinski definition) is 2. The summed E-state index contributed by atoms with van der Waals surface area (Å²) in [5.74, 6) is -1.43. The first-order chi connectivity index (χ1) is 4.46. The van der Waals surface area contributed by atoms with E-state index in [1.807, 2.05) is 0 Å². The molecule has 0 aromatic rings. The van der Waals surface area contributed by atoms with Gasteiger partial charge in [-0.1, -0.05) is 13.5 Å². The number of hydrogen-bond acceptors (Lipinski definition) is 2. The second-order valence-electron chi connectivity index (χ2n) is 2.36. The zero-order valence-corrected chi connectivity index (χ0v) is 6.16. The van der Waals surface area contributed by atoms with Gasteiger partial charge < -0.3 is 10.2 Å². The number of aliphatic carboxylic acids is 1. The maximum Gasteiger partial charge on any atom is 0.331 e. The van der Waals surface area contributed by atoms with Gasteiger partial charge in [-0.05, 0) is 6.92 Å². The minimum Gasteiger partial charge on any atom is -0.478 e. The van der Waals surface area contributed by atoms with E-state index < -0.39 is 12.1 Å². The molecule has 10 heavy (non-hydrogen) atoms. The summed E-state index contributed by atoms with van der Waals surface area (Å²) in [5.41, 5.74) is 0.0509. The summed E-state index contributed by atoms with van der Waals surface area (Å²) in [4.78, 5) is 10.2. The van der Waals surface area contributed by atoms with Crippen LogP contribution in [-0.4, -0.2) is 22.3 Å². The Morgan fingerprint density at radius 3 is 2.00 bits per heavy atom. The molecule has 0 rings (SSSR count). The fourth-order valence-corrected chi connectivity index (χ4v) is 0.486. The summed E-state index contributed by atoms with van der Waals surface area (Å²) in [6.07, 6.45) is -0.649. The fourth-order valence-electron chi connectivity index (χ4n) is 0.486. The summed E-state index contributed by atoms with van der Waals surface area (Å²) in [6.45, 7) is 6.48. The first-order valence-electron chi connectivity index (χ1n) is 3.07. The molecule has 0 saturated carbocycles. The summed E-state index contributed by atoms with van der Waals surface area (Å²) >= 11 is 0. The van der Waals surface area contributed by atoms with Crippen molar-refractivity contribution < 1.29 is 15.0 Å². The molecule has 0 aliphatic heterocycles. The molecular formula is C7H12O3. The summed E-state index contributed by atoms with van der Waals surface area (Å²) in [7, 11) is 0. The molecule has 0 saturated heterocycles. The molecule has 0 heterocycles. The van der Waals surface area contributed by atoms with Crippen molar-refractivity contribution in [3.8, 4) is 0 Å². The molecule has 0 fully saturated rings. The highest BCUT2D eigenvalue weighted by atomic mass is 16.4. The highest BCUT2D eigenvalue weighted by molar-refractivity contribution is 5.86. The van der Waals surface area contributed by atoms with E-state index in [1.54, 1.807) is 13.8 Å². The van der Waals surface area contributed by atoms with Gasteiger partial charge in [-0.25, -0.2) is 4.79 Å². The maximum absolute atomic E-state index is 10.2. The van der Waals surface area contributed by atoms with Gasteiger partial charge in [-0.2, -0.15) is 0 Å². The molecule has 0 aromatic heterocycles. The second-order valence-corrected chi connectivity index (χ2v) is 2.36. The number of carboxylic acid groups (broad SMARTS) is 1. The van der Waals surface area contributed by atoms with Gasteiger partial charge >= 0.3 is 5.97 Å². The average Bonchev–Trinajstić information content (AvgIpc) is 1.84. The van der Waals surface area contributed by atoms with E-state index in [0.717, 1.165) is 0 Å².